The molecule has 0 spiro atoms. The third-order valence-electron chi connectivity index (χ3n) is 3.56. The van der Waals surface area contributed by atoms with E-state index in [0.29, 0.717) is 0 Å². The van der Waals surface area contributed by atoms with Crippen LogP contribution >= 0.6 is 11.3 Å². The van der Waals surface area contributed by atoms with Crippen LogP contribution in [0.5, 0.6) is 0 Å². The lowest BCUT2D eigenvalue weighted by molar-refractivity contribution is -0.148. The Bertz CT molecular complexity index is 405. The van der Waals surface area contributed by atoms with Gasteiger partial charge in [0.15, 0.2) is 0 Å². The maximum absolute atomic E-state index is 11.7. The van der Waals surface area contributed by atoms with Gasteiger partial charge in [-0.25, -0.2) is 4.98 Å². The number of hydrogen-bond donors (Lipinski definition) is 0. The molecule has 0 saturated carbocycles. The average Bonchev–Trinajstić information content (AvgIpc) is 2.81. The van der Waals surface area contributed by atoms with Crippen molar-refractivity contribution < 1.29 is 9.53 Å². The van der Waals surface area contributed by atoms with E-state index in [1.165, 1.54) is 18.4 Å². The van der Waals surface area contributed by atoms with E-state index in [4.69, 9.17) is 4.74 Å². The monoisotopic (exact) mass is 268 g/mol. The molecule has 0 N–H and O–H groups in total. The third kappa shape index (κ3) is 3.09. The Hall–Kier alpha value is -0.940. The molecule has 0 aromatic carbocycles. The number of piperidine rings is 1. The highest BCUT2D eigenvalue weighted by molar-refractivity contribution is 7.09. The summed E-state index contributed by atoms with van der Waals surface area (Å²) in [4.78, 5) is 19.6. The zero-order valence-corrected chi connectivity index (χ0v) is 11.8. The molecule has 5 heteroatoms. The summed E-state index contributed by atoms with van der Waals surface area (Å²) in [7, 11) is 1.47. The fourth-order valence-electron chi connectivity index (χ4n) is 2.47. The Labute approximate surface area is 112 Å². The summed E-state index contributed by atoms with van der Waals surface area (Å²) < 4.78 is 4.89. The van der Waals surface area contributed by atoms with Crippen LogP contribution in [0.3, 0.4) is 0 Å². The molecule has 0 bridgehead atoms. The van der Waals surface area contributed by atoms with Crippen molar-refractivity contribution in [3.63, 3.8) is 0 Å². The largest absolute Gasteiger partial charge is 0.468 e. The molecule has 1 atom stereocenters. The van der Waals surface area contributed by atoms with Crippen molar-refractivity contribution in [3.8, 4) is 0 Å². The quantitative estimate of drug-likeness (QED) is 0.784. The summed E-state index contributed by atoms with van der Waals surface area (Å²) in [5.74, 6) is -0.0873. The van der Waals surface area contributed by atoms with Crippen LogP contribution in [0.15, 0.2) is 5.51 Å². The van der Waals surface area contributed by atoms with E-state index in [-0.39, 0.29) is 12.0 Å². The molecule has 1 aromatic heterocycles. The fraction of sp³-hybridized carbons (Fsp3) is 0.692. The second-order valence-corrected chi connectivity index (χ2v) is 5.62. The number of hydrogen-bond acceptors (Lipinski definition) is 5. The predicted molar refractivity (Wildman–Crippen MR) is 71.8 cm³/mol. The first-order valence-corrected chi connectivity index (χ1v) is 7.31. The molecule has 1 unspecified atom stereocenters. The second-order valence-electron chi connectivity index (χ2n) is 4.68. The standard InChI is InChI=1S/C13H20N2O2S/c1-10-12(18-9-14-10)6-8-15-7-4-3-5-11(15)13(16)17-2/h9,11H,3-8H2,1-2H3. The highest BCUT2D eigenvalue weighted by Crippen LogP contribution is 2.20. The van der Waals surface area contributed by atoms with Crippen molar-refractivity contribution in [2.75, 3.05) is 20.2 Å². The first-order chi connectivity index (χ1) is 8.72. The number of nitrogens with zero attached hydrogens (tertiary/aromatic N) is 2. The van der Waals surface area contributed by atoms with Crippen molar-refractivity contribution in [2.45, 2.75) is 38.6 Å². The van der Waals surface area contributed by atoms with Crippen LogP contribution in [0, 0.1) is 6.92 Å². The summed E-state index contributed by atoms with van der Waals surface area (Å²) in [5.41, 5.74) is 3.00. The number of methoxy groups -OCH3 is 1. The van der Waals surface area contributed by atoms with Gasteiger partial charge in [-0.05, 0) is 32.7 Å². The molecular weight excluding hydrogens is 248 g/mol. The van der Waals surface area contributed by atoms with Crippen molar-refractivity contribution in [1.29, 1.82) is 0 Å². The zero-order chi connectivity index (χ0) is 13.0. The number of ether oxygens (including phenoxy) is 1. The van der Waals surface area contributed by atoms with Crippen molar-refractivity contribution in [3.05, 3.63) is 16.1 Å². The number of thiazole rings is 1. The van der Waals surface area contributed by atoms with Gasteiger partial charge in [0.05, 0.1) is 18.3 Å². The second kappa shape index (κ2) is 6.29. The molecule has 1 aromatic rings. The van der Waals surface area contributed by atoms with Crippen LogP contribution < -0.4 is 0 Å². The van der Waals surface area contributed by atoms with Gasteiger partial charge < -0.3 is 4.74 Å². The van der Waals surface area contributed by atoms with E-state index in [0.717, 1.165) is 38.0 Å². The van der Waals surface area contributed by atoms with Crippen LogP contribution in [-0.2, 0) is 16.0 Å². The van der Waals surface area contributed by atoms with Gasteiger partial charge in [-0.2, -0.15) is 0 Å². The lowest BCUT2D eigenvalue weighted by Gasteiger charge is -2.33. The van der Waals surface area contributed by atoms with Gasteiger partial charge in [-0.15, -0.1) is 11.3 Å². The summed E-state index contributed by atoms with van der Waals surface area (Å²) >= 11 is 1.70. The lowest BCUT2D eigenvalue weighted by Crippen LogP contribution is -2.46. The van der Waals surface area contributed by atoms with Crippen LogP contribution in [0.1, 0.15) is 29.8 Å². The van der Waals surface area contributed by atoms with Crippen LogP contribution in [0.4, 0.5) is 0 Å². The normalized spacial score (nSPS) is 20.9. The Morgan fingerprint density at radius 2 is 2.44 bits per heavy atom. The summed E-state index contributed by atoms with van der Waals surface area (Å²) in [6, 6.07) is -0.0445. The maximum atomic E-state index is 11.7. The lowest BCUT2D eigenvalue weighted by atomic mass is 10.0. The molecule has 0 aliphatic carbocycles. The van der Waals surface area contributed by atoms with Crippen LogP contribution in [0.25, 0.3) is 0 Å². The first-order valence-electron chi connectivity index (χ1n) is 6.43. The molecule has 1 fully saturated rings. The van der Waals surface area contributed by atoms with Gasteiger partial charge >= 0.3 is 5.97 Å². The molecular formula is C13H20N2O2S. The number of rotatable bonds is 4. The predicted octanol–water partition coefficient (Wildman–Crippen LogP) is 2.02. The number of likely N-dealkylation sites (tertiary alicyclic amines) is 1. The molecule has 4 nitrogen and oxygen atoms in total. The van der Waals surface area contributed by atoms with Gasteiger partial charge in [0, 0.05) is 11.4 Å². The Balaban J connectivity index is 1.93. The van der Waals surface area contributed by atoms with E-state index < -0.39 is 0 Å². The molecule has 18 heavy (non-hydrogen) atoms. The Morgan fingerprint density at radius 3 is 3.11 bits per heavy atom. The van der Waals surface area contributed by atoms with Crippen LogP contribution in [-0.4, -0.2) is 42.1 Å². The number of aryl methyl sites for hydroxylation is 1. The Kier molecular flexibility index (Phi) is 4.72. The van der Waals surface area contributed by atoms with E-state index in [1.54, 1.807) is 11.3 Å². The molecule has 0 radical (unpaired) electrons. The first kappa shape index (κ1) is 13.5. The number of carbonyl (C=O) groups excluding carboxylic acids is 1. The van der Waals surface area contributed by atoms with E-state index >= 15 is 0 Å². The minimum absolute atomic E-state index is 0.0445. The maximum Gasteiger partial charge on any atom is 0.323 e. The van der Waals surface area contributed by atoms with E-state index in [9.17, 15) is 4.79 Å². The summed E-state index contributed by atoms with van der Waals surface area (Å²) in [6.45, 7) is 3.96. The van der Waals surface area contributed by atoms with Gasteiger partial charge in [0.2, 0.25) is 0 Å². The fourth-order valence-corrected chi connectivity index (χ4v) is 3.24. The molecule has 100 valence electrons. The minimum Gasteiger partial charge on any atom is -0.468 e. The molecule has 1 saturated heterocycles. The topological polar surface area (TPSA) is 42.4 Å². The number of aromatic nitrogens is 1. The van der Waals surface area contributed by atoms with Gasteiger partial charge in [-0.3, -0.25) is 9.69 Å². The molecule has 1 aliphatic heterocycles. The third-order valence-corrected chi connectivity index (χ3v) is 4.55. The van der Waals surface area contributed by atoms with E-state index in [2.05, 4.69) is 9.88 Å². The molecule has 1 aliphatic rings. The molecule has 0 amide bonds. The molecule has 2 rings (SSSR count). The highest BCUT2D eigenvalue weighted by Gasteiger charge is 2.29. The van der Waals surface area contributed by atoms with E-state index in [1.807, 2.05) is 12.4 Å². The Morgan fingerprint density at radius 1 is 1.61 bits per heavy atom. The highest BCUT2D eigenvalue weighted by atomic mass is 32.1. The van der Waals surface area contributed by atoms with Crippen molar-refractivity contribution >= 4 is 17.3 Å². The zero-order valence-electron chi connectivity index (χ0n) is 11.0. The van der Waals surface area contributed by atoms with Crippen LogP contribution in [0.2, 0.25) is 0 Å². The molecule has 2 heterocycles. The number of esters is 1. The summed E-state index contributed by atoms with van der Waals surface area (Å²) in [5, 5.41) is 0. The smallest absolute Gasteiger partial charge is 0.323 e. The van der Waals surface area contributed by atoms with Gasteiger partial charge in [0.25, 0.3) is 0 Å². The number of carbonyl (C=O) groups is 1. The van der Waals surface area contributed by atoms with Crippen molar-refractivity contribution in [1.82, 2.24) is 9.88 Å². The van der Waals surface area contributed by atoms with Crippen molar-refractivity contribution in [2.24, 2.45) is 0 Å². The van der Waals surface area contributed by atoms with Gasteiger partial charge in [0.1, 0.15) is 6.04 Å². The SMILES string of the molecule is COC(=O)C1CCCCN1CCc1scnc1C. The average molecular weight is 268 g/mol. The summed E-state index contributed by atoms with van der Waals surface area (Å²) in [6.07, 6.45) is 4.20. The van der Waals surface area contributed by atoms with Gasteiger partial charge in [-0.1, -0.05) is 6.42 Å². The minimum atomic E-state index is -0.0873.